The molecule has 0 radical (unpaired) electrons. The number of ether oxygens (including phenoxy) is 1. The first kappa shape index (κ1) is 16.5. The van der Waals surface area contributed by atoms with Gasteiger partial charge in [-0.1, -0.05) is 65.2 Å². The molecule has 102 valence electrons. The van der Waals surface area contributed by atoms with Crippen LogP contribution in [0.1, 0.15) is 78.6 Å². The average Bonchev–Trinajstić information content (AvgIpc) is 2.32. The van der Waals surface area contributed by atoms with Crippen LogP contribution in [0.4, 0.5) is 0 Å². The topological polar surface area (TPSA) is 26.3 Å². The Balaban J connectivity index is 3.24. The van der Waals surface area contributed by atoms with Gasteiger partial charge in [0.2, 0.25) is 0 Å². The van der Waals surface area contributed by atoms with Crippen LogP contribution in [-0.2, 0) is 9.53 Å². The first-order chi connectivity index (χ1) is 8.22. The van der Waals surface area contributed by atoms with E-state index in [1.165, 1.54) is 44.9 Å². The quantitative estimate of drug-likeness (QED) is 0.387. The molecule has 0 rings (SSSR count). The lowest BCUT2D eigenvalue weighted by molar-refractivity contribution is -0.147. The Hall–Kier alpha value is -0.530. The van der Waals surface area contributed by atoms with Gasteiger partial charge in [-0.05, 0) is 13.3 Å². The van der Waals surface area contributed by atoms with Gasteiger partial charge < -0.3 is 4.74 Å². The van der Waals surface area contributed by atoms with E-state index < -0.39 is 0 Å². The lowest BCUT2D eigenvalue weighted by atomic mass is 10.0. The molecular weight excluding hydrogens is 212 g/mol. The molecule has 0 saturated carbocycles. The van der Waals surface area contributed by atoms with Crippen molar-refractivity contribution < 1.29 is 9.53 Å². The lowest BCUT2D eigenvalue weighted by Gasteiger charge is -2.09. The summed E-state index contributed by atoms with van der Waals surface area (Å²) in [7, 11) is 0. The molecule has 0 N–H and O–H groups in total. The highest BCUT2D eigenvalue weighted by Crippen LogP contribution is 2.13. The summed E-state index contributed by atoms with van der Waals surface area (Å²) in [4.78, 5) is 11.4. The van der Waals surface area contributed by atoms with Crippen LogP contribution in [0.3, 0.4) is 0 Å². The van der Waals surface area contributed by atoms with Gasteiger partial charge in [-0.3, -0.25) is 4.79 Å². The molecule has 0 heterocycles. The zero-order valence-electron chi connectivity index (χ0n) is 12.0. The van der Waals surface area contributed by atoms with Crippen LogP contribution in [0.5, 0.6) is 0 Å². The van der Waals surface area contributed by atoms with E-state index in [2.05, 4.69) is 6.92 Å². The van der Waals surface area contributed by atoms with E-state index in [0.29, 0.717) is 6.61 Å². The summed E-state index contributed by atoms with van der Waals surface area (Å²) in [5.74, 6) is 0.0467. The van der Waals surface area contributed by atoms with Crippen molar-refractivity contribution in [1.29, 1.82) is 0 Å². The second kappa shape index (κ2) is 11.9. The van der Waals surface area contributed by atoms with E-state index >= 15 is 0 Å². The van der Waals surface area contributed by atoms with E-state index in [0.717, 1.165) is 12.8 Å². The second-order valence-corrected chi connectivity index (χ2v) is 4.92. The Morgan fingerprint density at radius 3 is 2.00 bits per heavy atom. The van der Waals surface area contributed by atoms with Gasteiger partial charge in [0.25, 0.3) is 0 Å². The molecule has 2 nitrogen and oxygen atoms in total. The summed E-state index contributed by atoms with van der Waals surface area (Å²) in [5.41, 5.74) is 0. The number of unbranched alkanes of at least 4 members (excludes halogenated alkanes) is 7. The molecule has 0 aromatic carbocycles. The predicted molar refractivity (Wildman–Crippen MR) is 73.0 cm³/mol. The smallest absolute Gasteiger partial charge is 0.308 e. The van der Waals surface area contributed by atoms with Crippen molar-refractivity contribution in [1.82, 2.24) is 0 Å². The first-order valence-corrected chi connectivity index (χ1v) is 7.39. The third-order valence-corrected chi connectivity index (χ3v) is 3.18. The van der Waals surface area contributed by atoms with Gasteiger partial charge in [-0.15, -0.1) is 0 Å². The molecule has 0 aromatic heterocycles. The van der Waals surface area contributed by atoms with Crippen molar-refractivity contribution in [3.05, 3.63) is 0 Å². The molecule has 0 bridgehead atoms. The fraction of sp³-hybridized carbons (Fsp3) is 0.933. The lowest BCUT2D eigenvalue weighted by Crippen LogP contribution is -2.14. The summed E-state index contributed by atoms with van der Waals surface area (Å²) >= 11 is 0. The van der Waals surface area contributed by atoms with Gasteiger partial charge in [0.05, 0.1) is 12.5 Å². The number of hydrogen-bond acceptors (Lipinski definition) is 2. The molecule has 0 aliphatic heterocycles. The zero-order valence-corrected chi connectivity index (χ0v) is 12.0. The maximum atomic E-state index is 11.4. The van der Waals surface area contributed by atoms with E-state index in [-0.39, 0.29) is 11.9 Å². The van der Waals surface area contributed by atoms with Crippen molar-refractivity contribution in [3.8, 4) is 0 Å². The van der Waals surface area contributed by atoms with Crippen LogP contribution in [0.25, 0.3) is 0 Å². The molecule has 0 aliphatic carbocycles. The standard InChI is InChI=1S/C15H30O2/c1-4-6-7-8-9-10-11-12-13-14(3)15(16)17-5-2/h14H,4-13H2,1-3H3. The number of hydrogen-bond donors (Lipinski definition) is 0. The van der Waals surface area contributed by atoms with Crippen molar-refractivity contribution in [3.63, 3.8) is 0 Å². The van der Waals surface area contributed by atoms with Crippen molar-refractivity contribution in [2.24, 2.45) is 5.92 Å². The highest BCUT2D eigenvalue weighted by Gasteiger charge is 2.12. The minimum atomic E-state index is -0.0320. The minimum absolute atomic E-state index is 0.0320. The summed E-state index contributed by atoms with van der Waals surface area (Å²) in [6.45, 7) is 6.58. The van der Waals surface area contributed by atoms with Crippen LogP contribution < -0.4 is 0 Å². The summed E-state index contributed by atoms with van der Waals surface area (Å²) in [6.07, 6.45) is 11.5. The normalized spacial score (nSPS) is 12.4. The summed E-state index contributed by atoms with van der Waals surface area (Å²) < 4.78 is 4.99. The minimum Gasteiger partial charge on any atom is -0.466 e. The maximum absolute atomic E-state index is 11.4. The Morgan fingerprint density at radius 1 is 0.941 bits per heavy atom. The van der Waals surface area contributed by atoms with E-state index in [9.17, 15) is 4.79 Å². The molecule has 17 heavy (non-hydrogen) atoms. The molecule has 0 saturated heterocycles. The number of carbonyl (C=O) groups excluding carboxylic acids is 1. The monoisotopic (exact) mass is 242 g/mol. The van der Waals surface area contributed by atoms with Crippen LogP contribution in [0.2, 0.25) is 0 Å². The van der Waals surface area contributed by atoms with Gasteiger partial charge in [-0.2, -0.15) is 0 Å². The Bertz CT molecular complexity index is 178. The van der Waals surface area contributed by atoms with E-state index in [1.54, 1.807) is 0 Å². The van der Waals surface area contributed by atoms with Gasteiger partial charge in [0.15, 0.2) is 0 Å². The second-order valence-electron chi connectivity index (χ2n) is 4.92. The highest BCUT2D eigenvalue weighted by molar-refractivity contribution is 5.71. The van der Waals surface area contributed by atoms with Gasteiger partial charge in [0.1, 0.15) is 0 Å². The van der Waals surface area contributed by atoms with Crippen molar-refractivity contribution in [2.75, 3.05) is 6.61 Å². The molecular formula is C15H30O2. The first-order valence-electron chi connectivity index (χ1n) is 7.39. The van der Waals surface area contributed by atoms with Crippen LogP contribution in [0, 0.1) is 5.92 Å². The highest BCUT2D eigenvalue weighted by atomic mass is 16.5. The molecule has 0 aliphatic rings. The molecule has 2 heteroatoms. The third kappa shape index (κ3) is 10.3. The Labute approximate surface area is 107 Å². The zero-order chi connectivity index (χ0) is 12.9. The Morgan fingerprint density at radius 2 is 1.47 bits per heavy atom. The van der Waals surface area contributed by atoms with Crippen LogP contribution in [0.15, 0.2) is 0 Å². The SMILES string of the molecule is CCCCCCCCCCC(C)C(=O)OCC. The van der Waals surface area contributed by atoms with Gasteiger partial charge >= 0.3 is 5.97 Å². The van der Waals surface area contributed by atoms with Crippen LogP contribution >= 0.6 is 0 Å². The molecule has 0 amide bonds. The molecule has 1 atom stereocenters. The maximum Gasteiger partial charge on any atom is 0.308 e. The fourth-order valence-electron chi connectivity index (χ4n) is 1.99. The number of rotatable bonds is 11. The van der Waals surface area contributed by atoms with E-state index in [1.807, 2.05) is 13.8 Å². The number of esters is 1. The number of carbonyl (C=O) groups is 1. The van der Waals surface area contributed by atoms with Gasteiger partial charge in [0, 0.05) is 0 Å². The van der Waals surface area contributed by atoms with Crippen LogP contribution in [-0.4, -0.2) is 12.6 Å². The predicted octanol–water partition coefficient (Wildman–Crippen LogP) is 4.72. The molecule has 1 unspecified atom stereocenters. The molecule has 0 fully saturated rings. The van der Waals surface area contributed by atoms with E-state index in [4.69, 9.17) is 4.74 Å². The Kier molecular flexibility index (Phi) is 11.6. The summed E-state index contributed by atoms with van der Waals surface area (Å²) in [6, 6.07) is 0. The fourth-order valence-corrected chi connectivity index (χ4v) is 1.99. The van der Waals surface area contributed by atoms with Gasteiger partial charge in [-0.25, -0.2) is 0 Å². The average molecular weight is 242 g/mol. The van der Waals surface area contributed by atoms with Crippen molar-refractivity contribution >= 4 is 5.97 Å². The largest absolute Gasteiger partial charge is 0.466 e. The summed E-state index contributed by atoms with van der Waals surface area (Å²) in [5, 5.41) is 0. The molecule has 0 spiro atoms. The molecule has 0 aromatic rings. The van der Waals surface area contributed by atoms with Crippen molar-refractivity contribution in [2.45, 2.75) is 78.6 Å². The third-order valence-electron chi connectivity index (χ3n) is 3.18.